The van der Waals surface area contributed by atoms with Gasteiger partial charge in [0.05, 0.1) is 17.7 Å². The van der Waals surface area contributed by atoms with E-state index in [9.17, 15) is 19.2 Å². The number of rotatable bonds is 6. The molecule has 0 radical (unpaired) electrons. The molecule has 3 rings (SSSR count). The molecule has 0 unspecified atom stereocenters. The van der Waals surface area contributed by atoms with Crippen LogP contribution in [0.25, 0.3) is 5.57 Å². The van der Waals surface area contributed by atoms with Crippen LogP contribution in [0.5, 0.6) is 0 Å². The first-order valence-electron chi connectivity index (χ1n) is 7.62. The number of carboxylic acid groups (broad SMARTS) is 2. The van der Waals surface area contributed by atoms with Gasteiger partial charge in [-0.1, -0.05) is 6.08 Å². The number of amides is 2. The molecule has 1 saturated heterocycles. The van der Waals surface area contributed by atoms with Crippen LogP contribution in [-0.2, 0) is 19.2 Å². The Bertz CT molecular complexity index is 907. The molecule has 2 aliphatic heterocycles. The number of nitrogens with zero attached hydrogens (tertiary/aromatic N) is 2. The van der Waals surface area contributed by atoms with Crippen molar-refractivity contribution in [3.05, 3.63) is 28.9 Å². The first kappa shape index (κ1) is 30.8. The highest BCUT2D eigenvalue weighted by molar-refractivity contribution is 8.00. The number of halogens is 2. The molecule has 174 valence electrons. The average Bonchev–Trinajstić information content (AvgIpc) is 3.04. The van der Waals surface area contributed by atoms with Gasteiger partial charge in [-0.05, 0) is 6.08 Å². The van der Waals surface area contributed by atoms with Crippen LogP contribution in [0.4, 0.5) is 5.13 Å². The van der Waals surface area contributed by atoms with E-state index in [2.05, 4.69) is 10.3 Å². The maximum absolute atomic E-state index is 12.6. The van der Waals surface area contributed by atoms with Gasteiger partial charge in [0.1, 0.15) is 17.1 Å². The second kappa shape index (κ2) is 12.5. The number of carbonyl (C=O) groups is 4. The highest BCUT2D eigenvalue weighted by Crippen LogP contribution is 2.37. The minimum absolute atomic E-state index is 0. The van der Waals surface area contributed by atoms with Gasteiger partial charge in [0.15, 0.2) is 5.13 Å². The van der Waals surface area contributed by atoms with Gasteiger partial charge in [-0.2, -0.15) is 0 Å². The van der Waals surface area contributed by atoms with E-state index in [1.807, 2.05) is 0 Å². The molecule has 0 aromatic carbocycles. The van der Waals surface area contributed by atoms with E-state index in [0.717, 1.165) is 16.2 Å². The fraction of sp³-hybridized carbons (Fsp3) is 0.267. The number of hydrogen-bond donors (Lipinski definition) is 4. The molecule has 2 aliphatic rings. The van der Waals surface area contributed by atoms with Crippen LogP contribution in [-0.4, -0.2) is 72.0 Å². The van der Waals surface area contributed by atoms with Crippen LogP contribution < -0.4 is 11.1 Å². The number of thioether (sulfide) groups is 1. The Morgan fingerprint density at radius 1 is 1.29 bits per heavy atom. The Balaban J connectivity index is 0. The normalized spacial score (nSPS) is 19.0. The van der Waals surface area contributed by atoms with E-state index in [1.165, 1.54) is 29.3 Å². The topological polar surface area (TPSA) is 226 Å². The van der Waals surface area contributed by atoms with Crippen molar-refractivity contribution >= 4 is 82.4 Å². The van der Waals surface area contributed by atoms with Gasteiger partial charge in [0.25, 0.3) is 11.8 Å². The Kier molecular flexibility index (Phi) is 12.4. The van der Waals surface area contributed by atoms with Crippen molar-refractivity contribution in [3.63, 3.8) is 0 Å². The van der Waals surface area contributed by atoms with Crippen molar-refractivity contribution in [2.45, 2.75) is 17.8 Å². The summed E-state index contributed by atoms with van der Waals surface area (Å²) in [6.07, 6.45) is 2.23. The summed E-state index contributed by atoms with van der Waals surface area (Å²) in [6.45, 7) is 0. The van der Waals surface area contributed by atoms with Crippen LogP contribution in [0.2, 0.25) is 0 Å². The maximum Gasteiger partial charge on any atom is 0.352 e. The molecule has 0 spiro atoms. The minimum atomic E-state index is -1.21. The molecule has 1 aromatic rings. The SMILES string of the molecule is Cl.Cl.Nc1nc(/C(=C/CC(=O)O)C(=O)N[C@@H]2C(=O)N3C(C(=O)O)=CCS[C@H]23)cs1.O.O. The van der Waals surface area contributed by atoms with Gasteiger partial charge in [0, 0.05) is 11.1 Å². The average molecular weight is 519 g/mol. The predicted molar refractivity (Wildman–Crippen MR) is 119 cm³/mol. The van der Waals surface area contributed by atoms with E-state index in [4.69, 9.17) is 15.9 Å². The van der Waals surface area contributed by atoms with Crippen LogP contribution in [0.15, 0.2) is 23.2 Å². The molecule has 2 atom stereocenters. The number of anilines is 1. The fourth-order valence-electron chi connectivity index (χ4n) is 2.67. The lowest BCUT2D eigenvalue weighted by Gasteiger charge is -2.48. The van der Waals surface area contributed by atoms with E-state index in [-0.39, 0.29) is 57.9 Å². The zero-order chi connectivity index (χ0) is 19.7. The summed E-state index contributed by atoms with van der Waals surface area (Å²) in [5, 5.41) is 21.8. The summed E-state index contributed by atoms with van der Waals surface area (Å²) >= 11 is 2.41. The van der Waals surface area contributed by atoms with Gasteiger partial charge in [-0.25, -0.2) is 9.78 Å². The standard InChI is InChI=1S/C15H14N4O6S2.2ClH.2H2O/c16-15-17-7(5-27-15)6(1-2-9(20)21)11(22)18-10-12(23)19-8(14(24)25)3-4-26-13(10)19;;;;/h1,3,5,10,13H,2,4H2,(H2,16,17)(H,18,22)(H,20,21)(H,24,25);2*1H;2*1H2/b6-1-;;;;/t10-,13-;;;;/m1..../s1. The van der Waals surface area contributed by atoms with Crippen molar-refractivity contribution in [3.8, 4) is 0 Å². The van der Waals surface area contributed by atoms with Crippen molar-refractivity contribution in [2.75, 3.05) is 11.5 Å². The Labute approximate surface area is 196 Å². The molecule has 1 aromatic heterocycles. The number of aliphatic carboxylic acids is 2. The van der Waals surface area contributed by atoms with Crippen molar-refractivity contribution in [1.82, 2.24) is 15.2 Å². The minimum Gasteiger partial charge on any atom is -0.481 e. The number of thiazole rings is 1. The molecule has 2 amide bonds. The first-order chi connectivity index (χ1) is 12.8. The summed E-state index contributed by atoms with van der Waals surface area (Å²) in [7, 11) is 0. The zero-order valence-corrected chi connectivity index (χ0v) is 18.7. The molecule has 3 heterocycles. The number of carbonyl (C=O) groups excluding carboxylic acids is 2. The molecule has 31 heavy (non-hydrogen) atoms. The number of nitrogens with two attached hydrogens (primary N) is 1. The quantitative estimate of drug-likeness (QED) is 0.271. The third-order valence-corrected chi connectivity index (χ3v) is 5.73. The molecule has 1 fully saturated rings. The van der Waals surface area contributed by atoms with E-state index < -0.39 is 41.6 Å². The second-order valence-corrected chi connectivity index (χ2v) is 7.60. The number of nitrogen functional groups attached to an aromatic ring is 1. The lowest BCUT2D eigenvalue weighted by atomic mass is 10.0. The second-order valence-electron chi connectivity index (χ2n) is 5.56. The molecular formula is C15H20Cl2N4O8S2. The Hall–Kier alpha value is -2.36. The van der Waals surface area contributed by atoms with E-state index in [1.54, 1.807) is 0 Å². The van der Waals surface area contributed by atoms with Gasteiger partial charge in [-0.3, -0.25) is 19.3 Å². The summed E-state index contributed by atoms with van der Waals surface area (Å²) in [6, 6.07) is -0.908. The highest BCUT2D eigenvalue weighted by atomic mass is 35.5. The van der Waals surface area contributed by atoms with Crippen molar-refractivity contribution < 1.29 is 40.3 Å². The Morgan fingerprint density at radius 3 is 2.45 bits per heavy atom. The number of β-lactam (4-membered cyclic amide) rings is 1. The molecule has 16 heteroatoms. The van der Waals surface area contributed by atoms with Crippen molar-refractivity contribution in [1.29, 1.82) is 0 Å². The summed E-state index contributed by atoms with van der Waals surface area (Å²) < 4.78 is 0. The number of nitrogens with one attached hydrogen (secondary N) is 1. The lowest BCUT2D eigenvalue weighted by Crippen LogP contribution is -2.70. The number of aromatic nitrogens is 1. The molecular weight excluding hydrogens is 499 g/mol. The summed E-state index contributed by atoms with van der Waals surface area (Å²) in [4.78, 5) is 52.1. The smallest absolute Gasteiger partial charge is 0.352 e. The third kappa shape index (κ3) is 6.32. The van der Waals surface area contributed by atoms with Crippen LogP contribution in [0.1, 0.15) is 12.1 Å². The van der Waals surface area contributed by atoms with Crippen LogP contribution >= 0.6 is 47.9 Å². The largest absolute Gasteiger partial charge is 0.481 e. The molecule has 9 N–H and O–H groups in total. The first-order valence-corrected chi connectivity index (χ1v) is 9.54. The predicted octanol–water partition coefficient (Wildman–Crippen LogP) is -0.854. The molecule has 0 aliphatic carbocycles. The van der Waals surface area contributed by atoms with E-state index in [0.29, 0.717) is 5.75 Å². The molecule has 0 saturated carbocycles. The van der Waals surface area contributed by atoms with Gasteiger partial charge >= 0.3 is 11.9 Å². The van der Waals surface area contributed by atoms with Gasteiger partial charge in [0.2, 0.25) is 0 Å². The van der Waals surface area contributed by atoms with Crippen molar-refractivity contribution in [2.24, 2.45) is 0 Å². The lowest BCUT2D eigenvalue weighted by molar-refractivity contribution is -0.150. The fourth-order valence-corrected chi connectivity index (χ4v) is 4.43. The maximum atomic E-state index is 12.6. The summed E-state index contributed by atoms with van der Waals surface area (Å²) in [5.74, 6) is -3.16. The van der Waals surface area contributed by atoms with Gasteiger partial charge in [-0.15, -0.1) is 47.9 Å². The van der Waals surface area contributed by atoms with Gasteiger partial charge < -0.3 is 32.2 Å². The molecule has 12 nitrogen and oxygen atoms in total. The third-order valence-electron chi connectivity index (χ3n) is 3.88. The Morgan fingerprint density at radius 2 is 1.94 bits per heavy atom. The monoisotopic (exact) mass is 518 g/mol. The van der Waals surface area contributed by atoms with Crippen LogP contribution in [0.3, 0.4) is 0 Å². The molecule has 0 bridgehead atoms. The van der Waals surface area contributed by atoms with Crippen LogP contribution in [0, 0.1) is 0 Å². The number of carboxylic acids is 2. The number of fused-ring (bicyclic) bond motifs is 1. The zero-order valence-electron chi connectivity index (χ0n) is 15.4. The van der Waals surface area contributed by atoms with E-state index >= 15 is 0 Å². The highest BCUT2D eigenvalue weighted by Gasteiger charge is 2.52. The summed E-state index contributed by atoms with van der Waals surface area (Å²) in [5.41, 5.74) is 5.66. The number of hydrogen-bond acceptors (Lipinski definition) is 8.